The van der Waals surface area contributed by atoms with Gasteiger partial charge in [-0.05, 0) is 52.4 Å². The molecule has 1 aliphatic heterocycles. The highest BCUT2D eigenvalue weighted by molar-refractivity contribution is 5.99. The van der Waals surface area contributed by atoms with E-state index in [1.54, 1.807) is 11.2 Å². The number of nitrogens with zero attached hydrogens (tertiary/aromatic N) is 4. The lowest BCUT2D eigenvalue weighted by Gasteiger charge is -2.30. The van der Waals surface area contributed by atoms with Crippen molar-refractivity contribution in [1.82, 2.24) is 14.5 Å². The van der Waals surface area contributed by atoms with Crippen molar-refractivity contribution in [2.24, 2.45) is 5.92 Å². The Bertz CT molecular complexity index is 921. The summed E-state index contributed by atoms with van der Waals surface area (Å²) in [6.45, 7) is 11.8. The molecule has 0 radical (unpaired) electrons. The van der Waals surface area contributed by atoms with Crippen molar-refractivity contribution >= 4 is 17.5 Å². The van der Waals surface area contributed by atoms with Crippen molar-refractivity contribution in [2.45, 2.75) is 79.7 Å². The zero-order chi connectivity index (χ0) is 24.5. The van der Waals surface area contributed by atoms with E-state index in [1.165, 1.54) is 16.7 Å². The number of ketones is 1. The minimum atomic E-state index is 0.0267. The fourth-order valence-electron chi connectivity index (χ4n) is 4.10. The Kier molecular flexibility index (Phi) is 10.1. The van der Waals surface area contributed by atoms with Gasteiger partial charge in [0, 0.05) is 33.5 Å². The average molecular weight is 455 g/mol. The van der Waals surface area contributed by atoms with Gasteiger partial charge in [-0.1, -0.05) is 48.8 Å². The van der Waals surface area contributed by atoms with Crippen molar-refractivity contribution < 1.29 is 9.59 Å². The van der Waals surface area contributed by atoms with E-state index in [9.17, 15) is 9.59 Å². The minimum absolute atomic E-state index is 0.0267. The molecule has 0 bridgehead atoms. The second-order valence-electron chi connectivity index (χ2n) is 9.95. The van der Waals surface area contributed by atoms with Crippen LogP contribution in [0.5, 0.6) is 0 Å². The number of Topliss-reactive ketones (excluding diaryl/α,β-unsaturated/α-hetero) is 1. The molecule has 1 aromatic rings. The first kappa shape index (κ1) is 26.6. The van der Waals surface area contributed by atoms with Crippen LogP contribution in [-0.2, 0) is 11.3 Å². The molecular weight excluding hydrogens is 412 g/mol. The van der Waals surface area contributed by atoms with Gasteiger partial charge in [-0.2, -0.15) is 0 Å². The molecule has 0 aromatic carbocycles. The average Bonchev–Trinajstić information content (AvgIpc) is 3.14. The van der Waals surface area contributed by atoms with Crippen LogP contribution < -0.4 is 4.90 Å². The van der Waals surface area contributed by atoms with Gasteiger partial charge in [-0.25, -0.2) is 4.98 Å². The van der Waals surface area contributed by atoms with E-state index >= 15 is 0 Å². The fourth-order valence-corrected chi connectivity index (χ4v) is 4.10. The quantitative estimate of drug-likeness (QED) is 0.376. The van der Waals surface area contributed by atoms with Gasteiger partial charge < -0.3 is 14.4 Å². The van der Waals surface area contributed by atoms with Gasteiger partial charge in [0.05, 0.1) is 13.0 Å². The monoisotopic (exact) mass is 454 g/mol. The lowest BCUT2D eigenvalue weighted by atomic mass is 10.0. The predicted molar refractivity (Wildman–Crippen MR) is 136 cm³/mol. The van der Waals surface area contributed by atoms with Gasteiger partial charge in [-0.3, -0.25) is 9.59 Å². The van der Waals surface area contributed by atoms with E-state index in [0.29, 0.717) is 43.5 Å². The highest BCUT2D eigenvalue weighted by Crippen LogP contribution is 2.24. The topological polar surface area (TPSA) is 58.4 Å². The van der Waals surface area contributed by atoms with Crippen LogP contribution in [0.25, 0.3) is 0 Å². The van der Waals surface area contributed by atoms with E-state index in [-0.39, 0.29) is 5.91 Å². The van der Waals surface area contributed by atoms with Crippen molar-refractivity contribution in [1.29, 1.82) is 0 Å². The Hall–Kier alpha value is -2.63. The van der Waals surface area contributed by atoms with Crippen LogP contribution in [0.2, 0.25) is 0 Å². The molecule has 0 saturated heterocycles. The molecule has 182 valence electrons. The molecule has 2 rings (SSSR count). The summed E-state index contributed by atoms with van der Waals surface area (Å²) in [6, 6.07) is 0. The maximum atomic E-state index is 12.5. The van der Waals surface area contributed by atoms with Crippen molar-refractivity contribution in [3.05, 3.63) is 47.0 Å². The lowest BCUT2D eigenvalue weighted by molar-refractivity contribution is -0.119. The first-order valence-corrected chi connectivity index (χ1v) is 12.1. The molecule has 1 aromatic heterocycles. The summed E-state index contributed by atoms with van der Waals surface area (Å²) in [6.07, 6.45) is 13.8. The highest BCUT2D eigenvalue weighted by Gasteiger charge is 2.29. The standard InChI is InChI=1S/C27H42N4O2/c1-20(2)16-24(32)17-23(5)13-9-11-21(3)10-8-12-22(4)14-15-31-18-28-26-25(31)27(33)30(7)19-29(26)6/h10,13-14,18,20H,8-9,11-12,15-17,19H2,1-7H3/b21-10+,22-14+,23-13+. The molecule has 2 heterocycles. The molecule has 0 unspecified atom stereocenters. The number of carbonyl (C=O) groups is 2. The predicted octanol–water partition coefficient (Wildman–Crippen LogP) is 5.77. The second kappa shape index (κ2) is 12.6. The summed E-state index contributed by atoms with van der Waals surface area (Å²) in [5.41, 5.74) is 4.55. The zero-order valence-electron chi connectivity index (χ0n) is 21.6. The van der Waals surface area contributed by atoms with Crippen LogP contribution in [0.4, 0.5) is 5.82 Å². The number of carbonyl (C=O) groups excluding carboxylic acids is 2. The smallest absolute Gasteiger partial charge is 0.275 e. The maximum Gasteiger partial charge on any atom is 0.275 e. The Labute approximate surface area is 200 Å². The first-order chi connectivity index (χ1) is 15.6. The van der Waals surface area contributed by atoms with E-state index < -0.39 is 0 Å². The zero-order valence-corrected chi connectivity index (χ0v) is 21.6. The maximum absolute atomic E-state index is 12.5. The summed E-state index contributed by atoms with van der Waals surface area (Å²) in [5.74, 6) is 1.56. The third kappa shape index (κ3) is 8.34. The van der Waals surface area contributed by atoms with Gasteiger partial charge in [0.15, 0.2) is 11.5 Å². The highest BCUT2D eigenvalue weighted by atomic mass is 16.2. The van der Waals surface area contributed by atoms with Gasteiger partial charge >= 0.3 is 0 Å². The Morgan fingerprint density at radius 2 is 1.61 bits per heavy atom. The van der Waals surface area contributed by atoms with Gasteiger partial charge in [-0.15, -0.1) is 0 Å². The molecule has 6 heteroatoms. The third-order valence-electron chi connectivity index (χ3n) is 5.96. The Morgan fingerprint density at radius 1 is 1.00 bits per heavy atom. The van der Waals surface area contributed by atoms with Crippen LogP contribution in [0.3, 0.4) is 0 Å². The summed E-state index contributed by atoms with van der Waals surface area (Å²) in [5, 5.41) is 0. The fraction of sp³-hybridized carbons (Fsp3) is 0.593. The molecule has 0 N–H and O–H groups in total. The molecule has 0 aliphatic carbocycles. The molecular formula is C27H42N4O2. The second-order valence-corrected chi connectivity index (χ2v) is 9.95. The van der Waals surface area contributed by atoms with Crippen LogP contribution in [0.1, 0.15) is 83.6 Å². The number of amides is 1. The van der Waals surface area contributed by atoms with Crippen LogP contribution in [0, 0.1) is 5.92 Å². The molecule has 33 heavy (non-hydrogen) atoms. The number of allylic oxidation sites excluding steroid dienone is 6. The van der Waals surface area contributed by atoms with Crippen LogP contribution in [0.15, 0.2) is 41.3 Å². The normalized spacial score (nSPS) is 15.5. The molecule has 0 saturated carbocycles. The van der Waals surface area contributed by atoms with E-state index in [4.69, 9.17) is 0 Å². The number of aromatic nitrogens is 2. The Morgan fingerprint density at radius 3 is 2.24 bits per heavy atom. The molecule has 6 nitrogen and oxygen atoms in total. The first-order valence-electron chi connectivity index (χ1n) is 12.1. The van der Waals surface area contributed by atoms with E-state index in [0.717, 1.165) is 31.5 Å². The summed E-state index contributed by atoms with van der Waals surface area (Å²) in [4.78, 5) is 32.6. The third-order valence-corrected chi connectivity index (χ3v) is 5.96. The molecule has 0 fully saturated rings. The number of hydrogen-bond acceptors (Lipinski definition) is 4. The molecule has 0 spiro atoms. The van der Waals surface area contributed by atoms with Crippen molar-refractivity contribution in [3.63, 3.8) is 0 Å². The van der Waals surface area contributed by atoms with Crippen LogP contribution in [-0.4, -0.2) is 46.9 Å². The number of hydrogen-bond donors (Lipinski definition) is 0. The molecule has 1 aliphatic rings. The molecule has 1 amide bonds. The van der Waals surface area contributed by atoms with Crippen molar-refractivity contribution in [2.75, 3.05) is 25.7 Å². The lowest BCUT2D eigenvalue weighted by Crippen LogP contribution is -2.43. The van der Waals surface area contributed by atoms with Crippen molar-refractivity contribution in [3.8, 4) is 0 Å². The number of anilines is 1. The summed E-state index contributed by atoms with van der Waals surface area (Å²) in [7, 11) is 3.77. The van der Waals surface area contributed by atoms with Gasteiger partial charge in [0.1, 0.15) is 5.78 Å². The summed E-state index contributed by atoms with van der Waals surface area (Å²) < 4.78 is 1.94. The van der Waals surface area contributed by atoms with Gasteiger partial charge in [0.2, 0.25) is 0 Å². The number of fused-ring (bicyclic) bond motifs is 1. The number of rotatable bonds is 12. The van der Waals surface area contributed by atoms with Crippen LogP contribution >= 0.6 is 0 Å². The minimum Gasteiger partial charge on any atom is -0.340 e. The Balaban J connectivity index is 1.78. The summed E-state index contributed by atoms with van der Waals surface area (Å²) >= 11 is 0. The number of imidazole rings is 1. The largest absolute Gasteiger partial charge is 0.340 e. The molecule has 0 atom stereocenters. The van der Waals surface area contributed by atoms with E-state index in [2.05, 4.69) is 57.8 Å². The van der Waals surface area contributed by atoms with Gasteiger partial charge in [0.25, 0.3) is 5.91 Å². The SMILES string of the molecule is C/C(=C\CC/C(C)=C/Cn1cnc2c1C(=O)N(C)CN2C)CC/C=C(\C)CC(=O)CC(C)C. The van der Waals surface area contributed by atoms with E-state index in [1.807, 2.05) is 23.6 Å².